The SMILES string of the molecule is CSc1cccc(C(=O)NCc2cncc(-c3cnn(C)c3)c2)c1. The molecule has 1 N–H and O–H groups in total. The predicted octanol–water partition coefficient (Wildman–Crippen LogP) is 3.13. The molecular weight excluding hydrogens is 320 g/mol. The summed E-state index contributed by atoms with van der Waals surface area (Å²) in [5.41, 5.74) is 3.61. The van der Waals surface area contributed by atoms with Gasteiger partial charge in [-0.15, -0.1) is 11.8 Å². The fourth-order valence-electron chi connectivity index (χ4n) is 2.36. The van der Waals surface area contributed by atoms with Crippen LogP contribution >= 0.6 is 11.8 Å². The van der Waals surface area contributed by atoms with Crippen LogP contribution in [0.15, 0.2) is 60.0 Å². The second-order valence-corrected chi connectivity index (χ2v) is 6.28. The fourth-order valence-corrected chi connectivity index (χ4v) is 2.82. The van der Waals surface area contributed by atoms with Crippen molar-refractivity contribution in [3.05, 3.63) is 66.2 Å². The zero-order valence-electron chi connectivity index (χ0n) is 13.6. The number of benzene rings is 1. The third kappa shape index (κ3) is 3.83. The summed E-state index contributed by atoms with van der Waals surface area (Å²) in [6, 6.07) is 9.61. The summed E-state index contributed by atoms with van der Waals surface area (Å²) in [5.74, 6) is -0.0855. The van der Waals surface area contributed by atoms with Gasteiger partial charge in [0.1, 0.15) is 0 Å². The minimum absolute atomic E-state index is 0.0855. The monoisotopic (exact) mass is 338 g/mol. The molecule has 2 heterocycles. The number of carbonyl (C=O) groups excluding carboxylic acids is 1. The Morgan fingerprint density at radius 3 is 2.83 bits per heavy atom. The lowest BCUT2D eigenvalue weighted by molar-refractivity contribution is 0.0950. The van der Waals surface area contributed by atoms with Crippen LogP contribution in [0.2, 0.25) is 0 Å². The molecule has 3 aromatic rings. The molecule has 24 heavy (non-hydrogen) atoms. The number of hydrogen-bond acceptors (Lipinski definition) is 4. The van der Waals surface area contributed by atoms with Gasteiger partial charge in [0.05, 0.1) is 6.20 Å². The summed E-state index contributed by atoms with van der Waals surface area (Å²) in [7, 11) is 1.88. The topological polar surface area (TPSA) is 59.8 Å². The van der Waals surface area contributed by atoms with Crippen LogP contribution in [-0.2, 0) is 13.6 Å². The van der Waals surface area contributed by atoms with E-state index in [2.05, 4.69) is 15.4 Å². The first-order valence-corrected chi connectivity index (χ1v) is 8.73. The summed E-state index contributed by atoms with van der Waals surface area (Å²) >= 11 is 1.62. The average molecular weight is 338 g/mol. The maximum atomic E-state index is 12.3. The standard InChI is InChI=1S/C18H18N4OS/c1-22-12-16(11-21-22)15-6-13(8-19-10-15)9-20-18(23)14-4-3-5-17(7-14)24-2/h3-8,10-12H,9H2,1-2H3,(H,20,23). The number of nitrogens with zero attached hydrogens (tertiary/aromatic N) is 3. The van der Waals surface area contributed by atoms with Crippen molar-refractivity contribution in [3.63, 3.8) is 0 Å². The molecule has 0 bridgehead atoms. The quantitative estimate of drug-likeness (QED) is 0.726. The normalized spacial score (nSPS) is 10.6. The number of hydrogen-bond donors (Lipinski definition) is 1. The van der Waals surface area contributed by atoms with Crippen molar-refractivity contribution in [2.45, 2.75) is 11.4 Å². The number of carbonyl (C=O) groups is 1. The van der Waals surface area contributed by atoms with Crippen LogP contribution in [0.1, 0.15) is 15.9 Å². The first-order chi connectivity index (χ1) is 11.7. The molecule has 1 amide bonds. The lowest BCUT2D eigenvalue weighted by Crippen LogP contribution is -2.22. The highest BCUT2D eigenvalue weighted by Gasteiger charge is 2.07. The Balaban J connectivity index is 1.69. The third-order valence-corrected chi connectivity index (χ3v) is 4.34. The van der Waals surface area contributed by atoms with Gasteiger partial charge in [0.25, 0.3) is 5.91 Å². The number of nitrogens with one attached hydrogen (secondary N) is 1. The number of amides is 1. The van der Waals surface area contributed by atoms with Crippen LogP contribution in [0.4, 0.5) is 0 Å². The molecule has 0 saturated heterocycles. The van der Waals surface area contributed by atoms with Gasteiger partial charge in [0.2, 0.25) is 0 Å². The second-order valence-electron chi connectivity index (χ2n) is 5.40. The fraction of sp³-hybridized carbons (Fsp3) is 0.167. The number of aryl methyl sites for hydroxylation is 1. The Labute approximate surface area is 145 Å². The largest absolute Gasteiger partial charge is 0.348 e. The van der Waals surface area contributed by atoms with Gasteiger partial charge in [-0.1, -0.05) is 6.07 Å². The van der Waals surface area contributed by atoms with Crippen molar-refractivity contribution in [2.75, 3.05) is 6.26 Å². The zero-order valence-corrected chi connectivity index (χ0v) is 14.4. The first kappa shape index (κ1) is 16.3. The van der Waals surface area contributed by atoms with Gasteiger partial charge in [-0.3, -0.25) is 14.5 Å². The molecular formula is C18H18N4OS. The first-order valence-electron chi connectivity index (χ1n) is 7.51. The molecule has 0 fully saturated rings. The second kappa shape index (κ2) is 7.31. The van der Waals surface area contributed by atoms with Gasteiger partial charge in [0.15, 0.2) is 0 Å². The summed E-state index contributed by atoms with van der Waals surface area (Å²) in [6.07, 6.45) is 9.29. The van der Waals surface area contributed by atoms with Crippen LogP contribution in [-0.4, -0.2) is 26.9 Å². The van der Waals surface area contributed by atoms with Crippen LogP contribution in [0, 0.1) is 0 Å². The van der Waals surface area contributed by atoms with E-state index in [4.69, 9.17) is 0 Å². The number of pyridine rings is 1. The molecule has 0 atom stereocenters. The highest BCUT2D eigenvalue weighted by atomic mass is 32.2. The Morgan fingerprint density at radius 1 is 1.21 bits per heavy atom. The lowest BCUT2D eigenvalue weighted by Gasteiger charge is -2.07. The highest BCUT2D eigenvalue weighted by molar-refractivity contribution is 7.98. The molecule has 0 aliphatic heterocycles. The molecule has 6 heteroatoms. The van der Waals surface area contributed by atoms with Crippen LogP contribution in [0.25, 0.3) is 11.1 Å². The van der Waals surface area contributed by atoms with Crippen molar-refractivity contribution < 1.29 is 4.79 Å². The van der Waals surface area contributed by atoms with Crippen molar-refractivity contribution in [2.24, 2.45) is 7.05 Å². The summed E-state index contributed by atoms with van der Waals surface area (Å²) in [5, 5.41) is 7.11. The van der Waals surface area contributed by atoms with E-state index < -0.39 is 0 Å². The molecule has 0 unspecified atom stereocenters. The van der Waals surface area contributed by atoms with Gasteiger partial charge in [-0.2, -0.15) is 5.10 Å². The molecule has 0 spiro atoms. The minimum Gasteiger partial charge on any atom is -0.348 e. The van der Waals surface area contributed by atoms with Crippen molar-refractivity contribution in [1.29, 1.82) is 0 Å². The molecule has 122 valence electrons. The molecule has 3 rings (SSSR count). The molecule has 0 radical (unpaired) electrons. The highest BCUT2D eigenvalue weighted by Crippen LogP contribution is 2.19. The average Bonchev–Trinajstić information content (AvgIpc) is 3.06. The summed E-state index contributed by atoms with van der Waals surface area (Å²) < 4.78 is 1.75. The Hall–Kier alpha value is -2.60. The molecule has 0 aliphatic carbocycles. The number of rotatable bonds is 5. The van der Waals surface area contributed by atoms with E-state index in [9.17, 15) is 4.79 Å². The summed E-state index contributed by atoms with van der Waals surface area (Å²) in [6.45, 7) is 0.434. The van der Waals surface area contributed by atoms with Crippen molar-refractivity contribution >= 4 is 17.7 Å². The zero-order chi connectivity index (χ0) is 16.9. The van der Waals surface area contributed by atoms with Crippen molar-refractivity contribution in [1.82, 2.24) is 20.1 Å². The Kier molecular flexibility index (Phi) is 4.96. The van der Waals surface area contributed by atoms with Gasteiger partial charge >= 0.3 is 0 Å². The molecule has 2 aromatic heterocycles. The Morgan fingerprint density at radius 2 is 2.08 bits per heavy atom. The van der Waals surface area contributed by atoms with Crippen LogP contribution in [0.5, 0.6) is 0 Å². The molecule has 0 aliphatic rings. The maximum absolute atomic E-state index is 12.3. The van der Waals surface area contributed by atoms with E-state index in [1.165, 1.54) is 0 Å². The smallest absolute Gasteiger partial charge is 0.251 e. The number of aromatic nitrogens is 3. The lowest BCUT2D eigenvalue weighted by atomic mass is 10.1. The molecule has 1 aromatic carbocycles. The van der Waals surface area contributed by atoms with E-state index in [-0.39, 0.29) is 5.91 Å². The minimum atomic E-state index is -0.0855. The third-order valence-electron chi connectivity index (χ3n) is 3.62. The summed E-state index contributed by atoms with van der Waals surface area (Å²) in [4.78, 5) is 17.6. The van der Waals surface area contributed by atoms with Gasteiger partial charge in [0, 0.05) is 53.8 Å². The predicted molar refractivity (Wildman–Crippen MR) is 95.8 cm³/mol. The van der Waals surface area contributed by atoms with Crippen LogP contribution in [0.3, 0.4) is 0 Å². The van der Waals surface area contributed by atoms with E-state index in [0.29, 0.717) is 12.1 Å². The molecule has 0 saturated carbocycles. The van der Waals surface area contributed by atoms with Gasteiger partial charge in [-0.05, 0) is 36.1 Å². The van der Waals surface area contributed by atoms with E-state index in [1.54, 1.807) is 35.0 Å². The van der Waals surface area contributed by atoms with E-state index >= 15 is 0 Å². The number of thioether (sulfide) groups is 1. The van der Waals surface area contributed by atoms with Crippen molar-refractivity contribution in [3.8, 4) is 11.1 Å². The van der Waals surface area contributed by atoms with Crippen LogP contribution < -0.4 is 5.32 Å². The maximum Gasteiger partial charge on any atom is 0.251 e. The molecule has 5 nitrogen and oxygen atoms in total. The van der Waals surface area contributed by atoms with E-state index in [1.807, 2.05) is 49.8 Å². The van der Waals surface area contributed by atoms with Gasteiger partial charge < -0.3 is 5.32 Å². The van der Waals surface area contributed by atoms with E-state index in [0.717, 1.165) is 21.6 Å². The Bertz CT molecular complexity index is 859. The van der Waals surface area contributed by atoms with Gasteiger partial charge in [-0.25, -0.2) is 0 Å².